The molecule has 2 aromatic carbocycles. The second-order valence-corrected chi connectivity index (χ2v) is 6.14. The van der Waals surface area contributed by atoms with E-state index in [2.05, 4.69) is 64.6 Å². The molecule has 0 aliphatic heterocycles. The van der Waals surface area contributed by atoms with Gasteiger partial charge in [0, 0.05) is 22.0 Å². The van der Waals surface area contributed by atoms with Gasteiger partial charge in [0.15, 0.2) is 0 Å². The van der Waals surface area contributed by atoms with E-state index >= 15 is 0 Å². The van der Waals surface area contributed by atoms with E-state index in [9.17, 15) is 0 Å². The highest BCUT2D eigenvalue weighted by atomic mass is 79.9. The van der Waals surface area contributed by atoms with Crippen molar-refractivity contribution in [3.8, 4) is 0 Å². The lowest BCUT2D eigenvalue weighted by Crippen LogP contribution is -2.22. The first kappa shape index (κ1) is 15.6. The Labute approximate surface area is 134 Å². The molecule has 0 amide bonds. The van der Waals surface area contributed by atoms with Gasteiger partial charge in [0.2, 0.25) is 0 Å². The molecule has 0 bridgehead atoms. The number of rotatable bonds is 6. The van der Waals surface area contributed by atoms with Crippen molar-refractivity contribution in [2.75, 3.05) is 13.1 Å². The lowest BCUT2D eigenvalue weighted by Gasteiger charge is -2.19. The van der Waals surface area contributed by atoms with Crippen LogP contribution >= 0.6 is 27.5 Å². The van der Waals surface area contributed by atoms with Crippen LogP contribution in [-0.4, -0.2) is 13.1 Å². The molecule has 1 unspecified atom stereocenters. The van der Waals surface area contributed by atoms with Crippen LogP contribution in [0.4, 0.5) is 0 Å². The summed E-state index contributed by atoms with van der Waals surface area (Å²) in [5.74, 6) is 0.450. The van der Waals surface area contributed by atoms with E-state index in [0.717, 1.165) is 24.5 Å². The monoisotopic (exact) mass is 351 g/mol. The van der Waals surface area contributed by atoms with Crippen LogP contribution in [0.2, 0.25) is 5.02 Å². The molecule has 0 saturated heterocycles. The van der Waals surface area contributed by atoms with Gasteiger partial charge in [0.05, 0.1) is 0 Å². The average Bonchev–Trinajstić information content (AvgIpc) is 2.46. The first-order chi connectivity index (χ1) is 9.70. The van der Waals surface area contributed by atoms with Crippen LogP contribution in [0.25, 0.3) is 0 Å². The van der Waals surface area contributed by atoms with Crippen molar-refractivity contribution in [2.45, 2.75) is 19.3 Å². The molecule has 0 aliphatic carbocycles. The van der Waals surface area contributed by atoms with Gasteiger partial charge in [0.25, 0.3) is 0 Å². The molecular weight excluding hydrogens is 334 g/mol. The van der Waals surface area contributed by atoms with Gasteiger partial charge >= 0.3 is 0 Å². The van der Waals surface area contributed by atoms with E-state index in [1.165, 1.54) is 15.6 Å². The number of hydrogen-bond donors (Lipinski definition) is 1. The Morgan fingerprint density at radius 1 is 1.10 bits per heavy atom. The highest BCUT2D eigenvalue weighted by molar-refractivity contribution is 9.10. The van der Waals surface area contributed by atoms with Crippen molar-refractivity contribution in [3.05, 3.63) is 69.2 Å². The molecule has 0 aliphatic rings. The van der Waals surface area contributed by atoms with E-state index < -0.39 is 0 Å². The van der Waals surface area contributed by atoms with Crippen LogP contribution in [0.5, 0.6) is 0 Å². The lowest BCUT2D eigenvalue weighted by atomic mass is 9.92. The van der Waals surface area contributed by atoms with Crippen LogP contribution in [0.1, 0.15) is 24.0 Å². The Bertz CT molecular complexity index is 539. The fraction of sp³-hybridized carbons (Fsp3) is 0.294. The summed E-state index contributed by atoms with van der Waals surface area (Å²) in [4.78, 5) is 0. The van der Waals surface area contributed by atoms with Crippen LogP contribution in [-0.2, 0) is 6.42 Å². The number of halogens is 2. The average molecular weight is 353 g/mol. The zero-order valence-corrected chi connectivity index (χ0v) is 13.9. The molecule has 1 atom stereocenters. The minimum absolute atomic E-state index is 0.450. The molecular formula is C17H19BrClN. The largest absolute Gasteiger partial charge is 0.316 e. The number of benzene rings is 2. The predicted octanol–water partition coefficient (Wildman–Crippen LogP) is 5.04. The zero-order valence-electron chi connectivity index (χ0n) is 11.6. The van der Waals surface area contributed by atoms with E-state index in [1.807, 2.05) is 12.1 Å². The summed E-state index contributed by atoms with van der Waals surface area (Å²) in [7, 11) is 0. The molecule has 2 rings (SSSR count). The minimum atomic E-state index is 0.450. The molecule has 0 heterocycles. The van der Waals surface area contributed by atoms with E-state index in [-0.39, 0.29) is 0 Å². The van der Waals surface area contributed by atoms with Gasteiger partial charge < -0.3 is 5.32 Å². The smallest absolute Gasteiger partial charge is 0.0406 e. The van der Waals surface area contributed by atoms with Crippen molar-refractivity contribution in [2.24, 2.45) is 0 Å². The Kier molecular flexibility index (Phi) is 6.08. The number of hydrogen-bond acceptors (Lipinski definition) is 1. The maximum Gasteiger partial charge on any atom is 0.0406 e. The Balaban J connectivity index is 2.19. The Morgan fingerprint density at radius 3 is 2.45 bits per heavy atom. The first-order valence-electron chi connectivity index (χ1n) is 6.90. The quantitative estimate of drug-likeness (QED) is 0.768. The summed E-state index contributed by atoms with van der Waals surface area (Å²) in [6.07, 6.45) is 1.01. The van der Waals surface area contributed by atoms with E-state index in [1.54, 1.807) is 0 Å². The molecule has 0 radical (unpaired) electrons. The van der Waals surface area contributed by atoms with Crippen molar-refractivity contribution in [1.82, 2.24) is 5.32 Å². The minimum Gasteiger partial charge on any atom is -0.316 e. The molecule has 0 spiro atoms. The van der Waals surface area contributed by atoms with E-state index in [0.29, 0.717) is 5.92 Å². The van der Waals surface area contributed by atoms with Crippen LogP contribution < -0.4 is 5.32 Å². The number of likely N-dealkylation sites (N-methyl/N-ethyl adjacent to an activating group) is 1. The van der Waals surface area contributed by atoms with Gasteiger partial charge in [-0.25, -0.2) is 0 Å². The summed E-state index contributed by atoms with van der Waals surface area (Å²) in [6, 6.07) is 16.6. The summed E-state index contributed by atoms with van der Waals surface area (Å²) in [5, 5.41) is 4.24. The summed E-state index contributed by atoms with van der Waals surface area (Å²) >= 11 is 9.62. The van der Waals surface area contributed by atoms with E-state index in [4.69, 9.17) is 11.6 Å². The van der Waals surface area contributed by atoms with Crippen LogP contribution in [0, 0.1) is 0 Å². The highest BCUT2D eigenvalue weighted by Gasteiger charge is 2.13. The van der Waals surface area contributed by atoms with Gasteiger partial charge in [0.1, 0.15) is 0 Å². The second kappa shape index (κ2) is 7.82. The van der Waals surface area contributed by atoms with Gasteiger partial charge in [-0.05, 0) is 42.3 Å². The predicted molar refractivity (Wildman–Crippen MR) is 90.6 cm³/mol. The molecule has 106 valence electrons. The van der Waals surface area contributed by atoms with Gasteiger partial charge in [-0.3, -0.25) is 0 Å². The fourth-order valence-electron chi connectivity index (χ4n) is 2.29. The summed E-state index contributed by atoms with van der Waals surface area (Å²) in [5.41, 5.74) is 2.66. The normalized spacial score (nSPS) is 12.3. The third-order valence-corrected chi connectivity index (χ3v) is 4.43. The maximum atomic E-state index is 5.98. The van der Waals surface area contributed by atoms with Gasteiger partial charge in [-0.1, -0.05) is 64.8 Å². The standard InChI is InChI=1S/C17H19BrClN/c1-2-20-12-15(13-7-9-16(19)10-8-13)11-14-5-3-4-6-17(14)18/h3-10,15,20H,2,11-12H2,1H3. The maximum absolute atomic E-state index is 5.98. The van der Waals surface area contributed by atoms with Crippen LogP contribution in [0.15, 0.2) is 53.0 Å². The number of nitrogens with one attached hydrogen (secondary N) is 1. The van der Waals surface area contributed by atoms with Crippen molar-refractivity contribution >= 4 is 27.5 Å². The van der Waals surface area contributed by atoms with Crippen molar-refractivity contribution < 1.29 is 0 Å². The summed E-state index contributed by atoms with van der Waals surface area (Å²) in [6.45, 7) is 4.09. The molecule has 2 aromatic rings. The molecule has 0 fully saturated rings. The third-order valence-electron chi connectivity index (χ3n) is 3.41. The Hall–Kier alpha value is -0.830. The molecule has 20 heavy (non-hydrogen) atoms. The topological polar surface area (TPSA) is 12.0 Å². The van der Waals surface area contributed by atoms with Gasteiger partial charge in [-0.2, -0.15) is 0 Å². The van der Waals surface area contributed by atoms with Crippen molar-refractivity contribution in [1.29, 1.82) is 0 Å². The lowest BCUT2D eigenvalue weighted by molar-refractivity contribution is 0.594. The molecule has 1 nitrogen and oxygen atoms in total. The molecule has 1 N–H and O–H groups in total. The molecule has 3 heteroatoms. The summed E-state index contributed by atoms with van der Waals surface area (Å²) < 4.78 is 1.18. The van der Waals surface area contributed by atoms with Crippen LogP contribution in [0.3, 0.4) is 0 Å². The third kappa shape index (κ3) is 4.34. The Morgan fingerprint density at radius 2 is 1.80 bits per heavy atom. The molecule has 0 aromatic heterocycles. The first-order valence-corrected chi connectivity index (χ1v) is 8.07. The van der Waals surface area contributed by atoms with Crippen molar-refractivity contribution in [3.63, 3.8) is 0 Å². The second-order valence-electron chi connectivity index (χ2n) is 4.85. The SMILES string of the molecule is CCNCC(Cc1ccccc1Br)c1ccc(Cl)cc1. The van der Waals surface area contributed by atoms with Gasteiger partial charge in [-0.15, -0.1) is 0 Å². The fourth-order valence-corrected chi connectivity index (χ4v) is 2.86. The zero-order chi connectivity index (χ0) is 14.4. The molecule has 0 saturated carbocycles. The highest BCUT2D eigenvalue weighted by Crippen LogP contribution is 2.26.